The van der Waals surface area contributed by atoms with Gasteiger partial charge in [-0.1, -0.05) is 0 Å². The molecule has 0 fully saturated rings. The van der Waals surface area contributed by atoms with Gasteiger partial charge in [-0.25, -0.2) is 14.8 Å². The molecule has 0 saturated carbocycles. The Bertz CT molecular complexity index is 418. The van der Waals surface area contributed by atoms with Crippen LogP contribution in [0.1, 0.15) is 41.5 Å². The van der Waals surface area contributed by atoms with Crippen LogP contribution in [-0.4, -0.2) is 22.5 Å². The molecule has 0 unspecified atom stereocenters. The number of hydrogen-bond acceptors (Lipinski definition) is 5. The number of aryl methyl sites for hydroxylation is 1. The second-order valence-electron chi connectivity index (χ2n) is 3.78. The third kappa shape index (κ3) is 1.98. The van der Waals surface area contributed by atoms with Crippen LogP contribution >= 0.6 is 0 Å². The van der Waals surface area contributed by atoms with Gasteiger partial charge in [-0.3, -0.25) is 0 Å². The summed E-state index contributed by atoms with van der Waals surface area (Å²) in [6.45, 7) is 2.12. The molecule has 0 atom stereocenters. The van der Waals surface area contributed by atoms with Gasteiger partial charge < -0.3 is 10.5 Å². The summed E-state index contributed by atoms with van der Waals surface area (Å²) >= 11 is 0. The number of ether oxygens (including phenoxy) is 1. The highest BCUT2D eigenvalue weighted by atomic mass is 16.5. The number of carbonyl (C=O) groups is 1. The van der Waals surface area contributed by atoms with E-state index in [1.54, 1.807) is 6.92 Å². The average molecular weight is 221 g/mol. The van der Waals surface area contributed by atoms with Gasteiger partial charge in [-0.05, 0) is 32.6 Å². The number of hydrogen-bond donors (Lipinski definition) is 1. The summed E-state index contributed by atoms with van der Waals surface area (Å²) in [5, 5.41) is 0. The fourth-order valence-corrected chi connectivity index (χ4v) is 1.98. The van der Waals surface area contributed by atoms with E-state index in [9.17, 15) is 4.79 Å². The number of nitrogens with zero attached hydrogens (tertiary/aromatic N) is 2. The molecule has 0 radical (unpaired) electrons. The lowest BCUT2D eigenvalue weighted by Gasteiger charge is -2.17. The van der Waals surface area contributed by atoms with Gasteiger partial charge in [0.2, 0.25) is 5.95 Å². The van der Waals surface area contributed by atoms with Crippen molar-refractivity contribution in [3.8, 4) is 0 Å². The Hall–Kier alpha value is -1.65. The molecule has 1 heterocycles. The van der Waals surface area contributed by atoms with E-state index in [1.165, 1.54) is 0 Å². The van der Waals surface area contributed by atoms with E-state index in [0.717, 1.165) is 36.9 Å². The van der Waals surface area contributed by atoms with Crippen LogP contribution in [0.25, 0.3) is 0 Å². The SMILES string of the molecule is CCOC(=O)c1nc(N)nc2c1CCCC2. The molecular weight excluding hydrogens is 206 g/mol. The fraction of sp³-hybridized carbons (Fsp3) is 0.545. The molecule has 0 bridgehead atoms. The average Bonchev–Trinajstić information content (AvgIpc) is 2.28. The van der Waals surface area contributed by atoms with Crippen LogP contribution in [0.5, 0.6) is 0 Å². The molecule has 5 heteroatoms. The largest absolute Gasteiger partial charge is 0.461 e. The molecule has 16 heavy (non-hydrogen) atoms. The van der Waals surface area contributed by atoms with Crippen molar-refractivity contribution >= 4 is 11.9 Å². The number of aromatic nitrogens is 2. The molecule has 0 spiro atoms. The van der Waals surface area contributed by atoms with E-state index in [4.69, 9.17) is 10.5 Å². The molecule has 1 aliphatic carbocycles. The van der Waals surface area contributed by atoms with Crippen LogP contribution in [0.2, 0.25) is 0 Å². The first-order valence-electron chi connectivity index (χ1n) is 5.54. The Morgan fingerprint density at radius 2 is 2.12 bits per heavy atom. The molecule has 1 aromatic heterocycles. The number of fused-ring (bicyclic) bond motifs is 1. The minimum absolute atomic E-state index is 0.156. The zero-order valence-corrected chi connectivity index (χ0v) is 9.32. The Kier molecular flexibility index (Phi) is 3.03. The van der Waals surface area contributed by atoms with Gasteiger partial charge in [0.25, 0.3) is 0 Å². The van der Waals surface area contributed by atoms with Gasteiger partial charge >= 0.3 is 5.97 Å². The summed E-state index contributed by atoms with van der Waals surface area (Å²) in [5.41, 5.74) is 7.76. The van der Waals surface area contributed by atoms with E-state index < -0.39 is 5.97 Å². The van der Waals surface area contributed by atoms with Crippen LogP contribution in [0.3, 0.4) is 0 Å². The van der Waals surface area contributed by atoms with Gasteiger partial charge in [0.15, 0.2) is 5.69 Å². The van der Waals surface area contributed by atoms with Crippen LogP contribution in [0.15, 0.2) is 0 Å². The van der Waals surface area contributed by atoms with E-state index >= 15 is 0 Å². The van der Waals surface area contributed by atoms with Crippen LogP contribution in [0.4, 0.5) is 5.95 Å². The van der Waals surface area contributed by atoms with E-state index in [1.807, 2.05) is 0 Å². The smallest absolute Gasteiger partial charge is 0.357 e. The van der Waals surface area contributed by atoms with Crippen LogP contribution in [-0.2, 0) is 17.6 Å². The number of esters is 1. The molecule has 0 amide bonds. The quantitative estimate of drug-likeness (QED) is 0.757. The first kappa shape index (κ1) is 10.9. The summed E-state index contributed by atoms with van der Waals surface area (Å²) in [5.74, 6) is -0.238. The summed E-state index contributed by atoms with van der Waals surface area (Å²) in [4.78, 5) is 19.9. The highest BCUT2D eigenvalue weighted by molar-refractivity contribution is 5.89. The summed E-state index contributed by atoms with van der Waals surface area (Å²) < 4.78 is 4.96. The Labute approximate surface area is 94.0 Å². The highest BCUT2D eigenvalue weighted by Crippen LogP contribution is 2.23. The number of nitrogens with two attached hydrogens (primary N) is 1. The number of anilines is 1. The molecule has 1 aliphatic rings. The molecule has 2 rings (SSSR count). The molecule has 86 valence electrons. The lowest BCUT2D eigenvalue weighted by atomic mass is 9.95. The van der Waals surface area contributed by atoms with Crippen molar-refractivity contribution in [1.29, 1.82) is 0 Å². The van der Waals surface area contributed by atoms with E-state index in [2.05, 4.69) is 9.97 Å². The standard InChI is InChI=1S/C11H15N3O2/c1-2-16-10(15)9-7-5-3-4-6-8(7)13-11(12)14-9/h2-6H2,1H3,(H2,12,13,14). The maximum Gasteiger partial charge on any atom is 0.357 e. The topological polar surface area (TPSA) is 78.1 Å². The van der Waals surface area contributed by atoms with Crippen molar-refractivity contribution in [2.24, 2.45) is 0 Å². The van der Waals surface area contributed by atoms with E-state index in [-0.39, 0.29) is 5.95 Å². The second-order valence-corrected chi connectivity index (χ2v) is 3.78. The van der Waals surface area contributed by atoms with Crippen molar-refractivity contribution in [2.45, 2.75) is 32.6 Å². The normalized spacial score (nSPS) is 14.3. The van der Waals surface area contributed by atoms with Crippen molar-refractivity contribution in [1.82, 2.24) is 9.97 Å². The zero-order chi connectivity index (χ0) is 11.5. The Balaban J connectivity index is 2.43. The van der Waals surface area contributed by atoms with Crippen molar-refractivity contribution in [3.05, 3.63) is 17.0 Å². The van der Waals surface area contributed by atoms with Gasteiger partial charge in [0.1, 0.15) is 0 Å². The third-order valence-corrected chi connectivity index (χ3v) is 2.67. The Morgan fingerprint density at radius 3 is 2.88 bits per heavy atom. The molecule has 0 saturated heterocycles. The van der Waals surface area contributed by atoms with Gasteiger partial charge in [0, 0.05) is 5.56 Å². The molecule has 5 nitrogen and oxygen atoms in total. The number of rotatable bonds is 2. The monoisotopic (exact) mass is 221 g/mol. The van der Waals surface area contributed by atoms with Gasteiger partial charge in [-0.2, -0.15) is 0 Å². The first-order valence-corrected chi connectivity index (χ1v) is 5.54. The summed E-state index contributed by atoms with van der Waals surface area (Å²) in [6.07, 6.45) is 3.86. The third-order valence-electron chi connectivity index (χ3n) is 2.67. The minimum atomic E-state index is -0.394. The van der Waals surface area contributed by atoms with Crippen molar-refractivity contribution in [3.63, 3.8) is 0 Å². The lowest BCUT2D eigenvalue weighted by Crippen LogP contribution is -2.18. The predicted molar refractivity (Wildman–Crippen MR) is 59.0 cm³/mol. The number of carbonyl (C=O) groups excluding carboxylic acids is 1. The first-order chi connectivity index (χ1) is 7.72. The van der Waals surface area contributed by atoms with Crippen molar-refractivity contribution < 1.29 is 9.53 Å². The van der Waals surface area contributed by atoms with Crippen molar-refractivity contribution in [2.75, 3.05) is 12.3 Å². The maximum absolute atomic E-state index is 11.7. The summed E-state index contributed by atoms with van der Waals surface area (Å²) in [7, 11) is 0. The van der Waals surface area contributed by atoms with Crippen LogP contribution in [0, 0.1) is 0 Å². The predicted octanol–water partition coefficient (Wildman–Crippen LogP) is 1.11. The maximum atomic E-state index is 11.7. The summed E-state index contributed by atoms with van der Waals surface area (Å²) in [6, 6.07) is 0. The minimum Gasteiger partial charge on any atom is -0.461 e. The molecule has 0 aromatic carbocycles. The fourth-order valence-electron chi connectivity index (χ4n) is 1.98. The number of nitrogen functional groups attached to an aromatic ring is 1. The highest BCUT2D eigenvalue weighted by Gasteiger charge is 2.22. The molecular formula is C11H15N3O2. The van der Waals surface area contributed by atoms with Gasteiger partial charge in [0.05, 0.1) is 12.3 Å². The molecule has 2 N–H and O–H groups in total. The Morgan fingerprint density at radius 1 is 1.38 bits per heavy atom. The van der Waals surface area contributed by atoms with E-state index in [0.29, 0.717) is 12.3 Å². The molecule has 1 aromatic rings. The second kappa shape index (κ2) is 4.47. The van der Waals surface area contributed by atoms with Crippen LogP contribution < -0.4 is 5.73 Å². The lowest BCUT2D eigenvalue weighted by molar-refractivity contribution is 0.0517. The molecule has 0 aliphatic heterocycles. The zero-order valence-electron chi connectivity index (χ0n) is 9.32. The van der Waals surface area contributed by atoms with Gasteiger partial charge in [-0.15, -0.1) is 0 Å².